The second-order valence-corrected chi connectivity index (χ2v) is 7.06. The molecule has 0 fully saturated rings. The molecule has 2 aromatic carbocycles. The largest absolute Gasteiger partial charge is 0.492 e. The van der Waals surface area contributed by atoms with Gasteiger partial charge >= 0.3 is 0 Å². The number of hydrogen-bond acceptors (Lipinski definition) is 3. The van der Waals surface area contributed by atoms with Crippen molar-refractivity contribution in [3.05, 3.63) is 59.7 Å². The Morgan fingerprint density at radius 1 is 1.05 bits per heavy atom. The first kappa shape index (κ1) is 16.4. The summed E-state index contributed by atoms with van der Waals surface area (Å²) < 4.78 is 31.4. The van der Waals surface area contributed by atoms with E-state index in [1.165, 1.54) is 10.6 Å². The third kappa shape index (κ3) is 4.01. The SMILES string of the molecule is CCOc1ccccc1N(Cc1ccc(C)cc1)S(C)(=O)=O. The minimum atomic E-state index is -3.41. The molecule has 0 spiro atoms. The van der Waals surface area contributed by atoms with Gasteiger partial charge in [-0.25, -0.2) is 8.42 Å². The highest BCUT2D eigenvalue weighted by atomic mass is 32.2. The molecule has 0 bridgehead atoms. The van der Waals surface area contributed by atoms with Gasteiger partial charge in [-0.3, -0.25) is 4.31 Å². The molecule has 0 atom stereocenters. The lowest BCUT2D eigenvalue weighted by Gasteiger charge is -2.24. The molecule has 2 aromatic rings. The van der Waals surface area contributed by atoms with E-state index in [-0.39, 0.29) is 6.54 Å². The van der Waals surface area contributed by atoms with Crippen molar-refractivity contribution in [1.82, 2.24) is 0 Å². The van der Waals surface area contributed by atoms with Crippen LogP contribution in [-0.2, 0) is 16.6 Å². The van der Waals surface area contributed by atoms with Crippen molar-refractivity contribution in [2.45, 2.75) is 20.4 Å². The van der Waals surface area contributed by atoms with E-state index in [0.29, 0.717) is 18.0 Å². The van der Waals surface area contributed by atoms with Crippen LogP contribution >= 0.6 is 0 Å². The zero-order valence-electron chi connectivity index (χ0n) is 13.1. The lowest BCUT2D eigenvalue weighted by atomic mass is 10.1. The van der Waals surface area contributed by atoms with Crippen LogP contribution in [0.25, 0.3) is 0 Å². The number of anilines is 1. The lowest BCUT2D eigenvalue weighted by molar-refractivity contribution is 0.341. The molecule has 0 heterocycles. The minimum Gasteiger partial charge on any atom is -0.492 e. The average molecular weight is 319 g/mol. The van der Waals surface area contributed by atoms with Crippen LogP contribution in [0.3, 0.4) is 0 Å². The molecule has 0 N–H and O–H groups in total. The fourth-order valence-corrected chi connectivity index (χ4v) is 3.07. The maximum Gasteiger partial charge on any atom is 0.232 e. The van der Waals surface area contributed by atoms with Crippen molar-refractivity contribution < 1.29 is 13.2 Å². The maximum atomic E-state index is 12.2. The first-order valence-electron chi connectivity index (χ1n) is 7.17. The number of nitrogens with zero attached hydrogens (tertiary/aromatic N) is 1. The number of hydrogen-bond donors (Lipinski definition) is 0. The van der Waals surface area contributed by atoms with Crippen molar-refractivity contribution in [3.8, 4) is 5.75 Å². The van der Waals surface area contributed by atoms with E-state index >= 15 is 0 Å². The highest BCUT2D eigenvalue weighted by Crippen LogP contribution is 2.31. The number of rotatable bonds is 6. The summed E-state index contributed by atoms with van der Waals surface area (Å²) >= 11 is 0. The molecule has 0 aliphatic carbocycles. The van der Waals surface area contributed by atoms with E-state index in [1.54, 1.807) is 12.1 Å². The Balaban J connectivity index is 2.41. The van der Waals surface area contributed by atoms with Crippen molar-refractivity contribution in [3.63, 3.8) is 0 Å². The molecule has 4 nitrogen and oxygen atoms in total. The highest BCUT2D eigenvalue weighted by Gasteiger charge is 2.21. The van der Waals surface area contributed by atoms with E-state index in [4.69, 9.17) is 4.74 Å². The molecule has 22 heavy (non-hydrogen) atoms. The van der Waals surface area contributed by atoms with E-state index in [0.717, 1.165) is 11.1 Å². The van der Waals surface area contributed by atoms with Crippen molar-refractivity contribution in [2.24, 2.45) is 0 Å². The molecular weight excluding hydrogens is 298 g/mol. The standard InChI is InChI=1S/C17H21NO3S/c1-4-21-17-8-6-5-7-16(17)18(22(3,19)20)13-15-11-9-14(2)10-12-15/h5-12H,4,13H2,1-3H3. The maximum absolute atomic E-state index is 12.2. The van der Waals surface area contributed by atoms with Gasteiger partial charge in [-0.05, 0) is 31.5 Å². The highest BCUT2D eigenvalue weighted by molar-refractivity contribution is 7.92. The monoisotopic (exact) mass is 319 g/mol. The van der Waals surface area contributed by atoms with Crippen molar-refractivity contribution in [1.29, 1.82) is 0 Å². The van der Waals surface area contributed by atoms with Crippen LogP contribution in [0.4, 0.5) is 5.69 Å². The summed E-state index contributed by atoms with van der Waals surface area (Å²) in [5.74, 6) is 0.572. The molecule has 5 heteroatoms. The van der Waals surface area contributed by atoms with E-state index in [2.05, 4.69) is 0 Å². The van der Waals surface area contributed by atoms with Crippen LogP contribution in [0.1, 0.15) is 18.1 Å². The van der Waals surface area contributed by atoms with Gasteiger partial charge in [-0.1, -0.05) is 42.0 Å². The van der Waals surface area contributed by atoms with Gasteiger partial charge in [-0.15, -0.1) is 0 Å². The third-order valence-electron chi connectivity index (χ3n) is 3.28. The van der Waals surface area contributed by atoms with Gasteiger partial charge in [0.15, 0.2) is 0 Å². The fraction of sp³-hybridized carbons (Fsp3) is 0.294. The van der Waals surface area contributed by atoms with Gasteiger partial charge in [0.2, 0.25) is 10.0 Å². The molecule has 0 aromatic heterocycles. The summed E-state index contributed by atoms with van der Waals surface area (Å²) in [6, 6.07) is 15.0. The zero-order valence-corrected chi connectivity index (χ0v) is 13.9. The van der Waals surface area contributed by atoms with Crippen LogP contribution in [-0.4, -0.2) is 21.3 Å². The molecule has 2 rings (SSSR count). The Kier molecular flexibility index (Phi) is 5.08. The Labute approximate surface area is 132 Å². The van der Waals surface area contributed by atoms with Gasteiger partial charge in [0.25, 0.3) is 0 Å². The van der Waals surface area contributed by atoms with Gasteiger partial charge in [0.1, 0.15) is 5.75 Å². The van der Waals surface area contributed by atoms with Gasteiger partial charge in [0.05, 0.1) is 25.1 Å². The quantitative estimate of drug-likeness (QED) is 0.820. The molecule has 0 unspecified atom stereocenters. The smallest absolute Gasteiger partial charge is 0.232 e. The summed E-state index contributed by atoms with van der Waals surface area (Å²) in [6.07, 6.45) is 1.21. The van der Waals surface area contributed by atoms with Crippen LogP contribution in [0.2, 0.25) is 0 Å². The average Bonchev–Trinajstić information content (AvgIpc) is 2.47. The predicted octanol–water partition coefficient (Wildman–Crippen LogP) is 3.36. The predicted molar refractivity (Wildman–Crippen MR) is 89.8 cm³/mol. The van der Waals surface area contributed by atoms with Crippen LogP contribution in [0, 0.1) is 6.92 Å². The van der Waals surface area contributed by atoms with Crippen LogP contribution < -0.4 is 9.04 Å². The minimum absolute atomic E-state index is 0.281. The topological polar surface area (TPSA) is 46.6 Å². The fourth-order valence-electron chi connectivity index (χ4n) is 2.18. The number of para-hydroxylation sites is 2. The Morgan fingerprint density at radius 2 is 1.68 bits per heavy atom. The summed E-state index contributed by atoms with van der Waals surface area (Å²) in [5.41, 5.74) is 2.64. The molecule has 0 radical (unpaired) electrons. The number of ether oxygens (including phenoxy) is 1. The van der Waals surface area contributed by atoms with E-state index in [9.17, 15) is 8.42 Å². The van der Waals surface area contributed by atoms with Crippen LogP contribution in [0.15, 0.2) is 48.5 Å². The van der Waals surface area contributed by atoms with Crippen molar-refractivity contribution >= 4 is 15.7 Å². The first-order valence-corrected chi connectivity index (χ1v) is 9.01. The summed E-state index contributed by atoms with van der Waals surface area (Å²) in [5, 5.41) is 0. The molecular formula is C17H21NO3S. The van der Waals surface area contributed by atoms with Crippen LogP contribution in [0.5, 0.6) is 5.75 Å². The summed E-state index contributed by atoms with van der Waals surface area (Å²) in [4.78, 5) is 0. The lowest BCUT2D eigenvalue weighted by Crippen LogP contribution is -2.29. The molecule has 0 aliphatic heterocycles. The Morgan fingerprint density at radius 3 is 2.27 bits per heavy atom. The molecule has 0 amide bonds. The summed E-state index contributed by atoms with van der Waals surface area (Å²) in [6.45, 7) is 4.65. The normalized spacial score (nSPS) is 11.2. The van der Waals surface area contributed by atoms with Crippen molar-refractivity contribution in [2.75, 3.05) is 17.2 Å². The number of benzene rings is 2. The molecule has 0 saturated carbocycles. The molecule has 118 valence electrons. The van der Waals surface area contributed by atoms with Gasteiger partial charge in [0, 0.05) is 0 Å². The second kappa shape index (κ2) is 6.83. The molecule has 0 saturated heterocycles. The summed E-state index contributed by atoms with van der Waals surface area (Å²) in [7, 11) is -3.41. The number of aryl methyl sites for hydroxylation is 1. The van der Waals surface area contributed by atoms with E-state index < -0.39 is 10.0 Å². The molecule has 0 aliphatic rings. The third-order valence-corrected chi connectivity index (χ3v) is 4.41. The number of sulfonamides is 1. The Bertz CT molecular complexity index is 724. The first-order chi connectivity index (χ1) is 10.4. The van der Waals surface area contributed by atoms with Gasteiger partial charge in [-0.2, -0.15) is 0 Å². The zero-order chi connectivity index (χ0) is 16.2. The van der Waals surface area contributed by atoms with Gasteiger partial charge < -0.3 is 4.74 Å². The Hall–Kier alpha value is -2.01. The van der Waals surface area contributed by atoms with E-state index in [1.807, 2.05) is 50.2 Å². The second-order valence-electron chi connectivity index (χ2n) is 5.16.